The van der Waals surface area contributed by atoms with Crippen LogP contribution in [-0.4, -0.2) is 17.6 Å². The van der Waals surface area contributed by atoms with E-state index in [1.807, 2.05) is 6.07 Å². The second-order valence-electron chi connectivity index (χ2n) is 3.32. The molecule has 0 fully saturated rings. The first kappa shape index (κ1) is 12.7. The lowest BCUT2D eigenvalue weighted by atomic mass is 9.85. The fraction of sp³-hybridized carbons (Fsp3) is 0.364. The normalized spacial score (nSPS) is 13.6. The number of esters is 1. The number of pyridine rings is 1. The first-order valence-electron chi connectivity index (χ1n) is 4.75. The molecule has 1 heterocycles. The molecule has 1 atom stereocenters. The molecular formula is C11H11BrN2O2. The van der Waals surface area contributed by atoms with E-state index in [9.17, 15) is 4.79 Å². The van der Waals surface area contributed by atoms with E-state index in [2.05, 4.69) is 20.9 Å². The molecule has 0 saturated carbocycles. The number of carbonyl (C=O) groups is 1. The molecular weight excluding hydrogens is 272 g/mol. The van der Waals surface area contributed by atoms with Gasteiger partial charge in [0.15, 0.2) is 5.41 Å². The Bertz CT molecular complexity index is 442. The summed E-state index contributed by atoms with van der Waals surface area (Å²) in [5, 5.41) is 9.14. The molecule has 0 amide bonds. The monoisotopic (exact) mass is 282 g/mol. The fourth-order valence-corrected chi connectivity index (χ4v) is 1.58. The summed E-state index contributed by atoms with van der Waals surface area (Å²) in [7, 11) is 0. The number of hydrogen-bond donors (Lipinski definition) is 0. The maximum absolute atomic E-state index is 11.7. The van der Waals surface area contributed by atoms with Crippen LogP contribution in [0.1, 0.15) is 19.4 Å². The van der Waals surface area contributed by atoms with E-state index < -0.39 is 11.4 Å². The lowest BCUT2D eigenvalue weighted by Gasteiger charge is -2.19. The van der Waals surface area contributed by atoms with Gasteiger partial charge in [0.25, 0.3) is 0 Å². The summed E-state index contributed by atoms with van der Waals surface area (Å²) >= 11 is 3.20. The summed E-state index contributed by atoms with van der Waals surface area (Å²) in [6.45, 7) is 3.49. The molecule has 16 heavy (non-hydrogen) atoms. The second-order valence-corrected chi connectivity index (χ2v) is 4.14. The summed E-state index contributed by atoms with van der Waals surface area (Å²) < 4.78 is 5.47. The van der Waals surface area contributed by atoms with E-state index in [0.717, 1.165) is 0 Å². The van der Waals surface area contributed by atoms with Crippen molar-refractivity contribution < 1.29 is 9.53 Å². The van der Waals surface area contributed by atoms with Crippen molar-refractivity contribution in [3.8, 4) is 6.07 Å². The van der Waals surface area contributed by atoms with Crippen LogP contribution in [0.5, 0.6) is 0 Å². The van der Waals surface area contributed by atoms with Crippen molar-refractivity contribution in [2.75, 3.05) is 6.61 Å². The Labute approximate surface area is 102 Å². The average Bonchev–Trinajstić information content (AvgIpc) is 2.28. The lowest BCUT2D eigenvalue weighted by molar-refractivity contribution is -0.147. The van der Waals surface area contributed by atoms with Crippen LogP contribution in [0, 0.1) is 11.3 Å². The molecule has 1 rings (SSSR count). The highest BCUT2D eigenvalue weighted by Gasteiger charge is 2.37. The third kappa shape index (κ3) is 2.39. The first-order valence-corrected chi connectivity index (χ1v) is 5.54. The Hall–Kier alpha value is -1.41. The van der Waals surface area contributed by atoms with E-state index in [-0.39, 0.29) is 6.61 Å². The van der Waals surface area contributed by atoms with Gasteiger partial charge in [-0.2, -0.15) is 5.26 Å². The number of hydrogen-bond acceptors (Lipinski definition) is 4. The molecule has 1 unspecified atom stereocenters. The molecule has 1 aromatic rings. The van der Waals surface area contributed by atoms with Gasteiger partial charge in [0.2, 0.25) is 0 Å². The zero-order chi connectivity index (χ0) is 12.2. The minimum atomic E-state index is -1.29. The molecule has 0 aromatic carbocycles. The van der Waals surface area contributed by atoms with Crippen LogP contribution in [0.2, 0.25) is 0 Å². The molecule has 0 aliphatic heterocycles. The molecule has 0 N–H and O–H groups in total. The number of aromatic nitrogens is 1. The Morgan fingerprint density at radius 3 is 2.94 bits per heavy atom. The third-order valence-corrected chi connectivity index (χ3v) is 2.64. The molecule has 0 radical (unpaired) electrons. The van der Waals surface area contributed by atoms with Crippen LogP contribution >= 0.6 is 15.9 Å². The molecule has 84 valence electrons. The largest absolute Gasteiger partial charge is 0.465 e. The van der Waals surface area contributed by atoms with Crippen molar-refractivity contribution in [1.82, 2.24) is 4.98 Å². The average molecular weight is 283 g/mol. The number of ether oxygens (including phenoxy) is 1. The van der Waals surface area contributed by atoms with Crippen molar-refractivity contribution in [2.45, 2.75) is 19.3 Å². The quantitative estimate of drug-likeness (QED) is 0.630. The topological polar surface area (TPSA) is 63.0 Å². The molecule has 1 aromatic heterocycles. The van der Waals surface area contributed by atoms with E-state index in [1.165, 1.54) is 13.1 Å². The summed E-state index contributed by atoms with van der Waals surface area (Å²) in [6.07, 6.45) is 1.54. The predicted octanol–water partition coefficient (Wildman–Crippen LogP) is 2.19. The highest BCUT2D eigenvalue weighted by atomic mass is 79.9. The molecule has 0 bridgehead atoms. The van der Waals surface area contributed by atoms with Gasteiger partial charge in [0.05, 0.1) is 12.7 Å². The maximum Gasteiger partial charge on any atom is 0.330 e. The van der Waals surface area contributed by atoms with Gasteiger partial charge in [-0.15, -0.1) is 0 Å². The Balaban J connectivity index is 3.16. The number of nitrogens with zero attached hydrogens (tertiary/aromatic N) is 2. The minimum Gasteiger partial charge on any atom is -0.465 e. The molecule has 0 aliphatic rings. The molecule has 0 saturated heterocycles. The van der Waals surface area contributed by atoms with Crippen LogP contribution in [0.25, 0.3) is 0 Å². The summed E-state index contributed by atoms with van der Waals surface area (Å²) in [6, 6.07) is 5.25. The lowest BCUT2D eigenvalue weighted by Crippen LogP contribution is -2.32. The van der Waals surface area contributed by atoms with Crippen molar-refractivity contribution in [2.24, 2.45) is 0 Å². The molecule has 0 spiro atoms. The van der Waals surface area contributed by atoms with Gasteiger partial charge in [-0.3, -0.25) is 0 Å². The van der Waals surface area contributed by atoms with Crippen LogP contribution in [0.15, 0.2) is 22.9 Å². The third-order valence-electron chi connectivity index (χ3n) is 2.21. The summed E-state index contributed by atoms with van der Waals surface area (Å²) in [5.41, 5.74) is -0.725. The van der Waals surface area contributed by atoms with Crippen molar-refractivity contribution in [3.05, 3.63) is 28.5 Å². The van der Waals surface area contributed by atoms with Crippen molar-refractivity contribution in [1.29, 1.82) is 5.26 Å². The number of nitriles is 1. The van der Waals surface area contributed by atoms with Crippen LogP contribution in [-0.2, 0) is 14.9 Å². The fourth-order valence-electron chi connectivity index (χ4n) is 1.22. The van der Waals surface area contributed by atoms with Gasteiger partial charge >= 0.3 is 5.97 Å². The smallest absolute Gasteiger partial charge is 0.330 e. The summed E-state index contributed by atoms with van der Waals surface area (Å²) in [5.74, 6) is -0.546. The minimum absolute atomic E-state index is 0.252. The van der Waals surface area contributed by atoms with Gasteiger partial charge < -0.3 is 4.74 Å². The van der Waals surface area contributed by atoms with Gasteiger partial charge in [-0.1, -0.05) is 0 Å². The van der Waals surface area contributed by atoms with E-state index in [1.54, 1.807) is 19.1 Å². The number of halogens is 1. The van der Waals surface area contributed by atoms with Gasteiger partial charge in [-0.05, 0) is 47.5 Å². The summed E-state index contributed by atoms with van der Waals surface area (Å²) in [4.78, 5) is 15.7. The zero-order valence-corrected chi connectivity index (χ0v) is 10.6. The molecule has 4 nitrogen and oxygen atoms in total. The van der Waals surface area contributed by atoms with Crippen molar-refractivity contribution in [3.63, 3.8) is 0 Å². The molecule has 5 heteroatoms. The van der Waals surface area contributed by atoms with Gasteiger partial charge in [0.1, 0.15) is 4.60 Å². The standard InChI is InChI=1S/C11H11BrN2O2/c1-3-16-10(15)11(2,7-13)8-4-5-14-9(12)6-8/h4-6H,3H2,1-2H3. The number of carbonyl (C=O) groups excluding carboxylic acids is 1. The second kappa shape index (κ2) is 5.08. The van der Waals surface area contributed by atoms with E-state index in [4.69, 9.17) is 10.00 Å². The Kier molecular flexibility index (Phi) is 4.02. The van der Waals surface area contributed by atoms with Crippen LogP contribution in [0.4, 0.5) is 0 Å². The Morgan fingerprint density at radius 1 is 1.75 bits per heavy atom. The molecule has 0 aliphatic carbocycles. The predicted molar refractivity (Wildman–Crippen MR) is 61.5 cm³/mol. The Morgan fingerprint density at radius 2 is 2.44 bits per heavy atom. The van der Waals surface area contributed by atoms with Gasteiger partial charge in [0, 0.05) is 6.20 Å². The van der Waals surface area contributed by atoms with E-state index in [0.29, 0.717) is 10.2 Å². The van der Waals surface area contributed by atoms with E-state index >= 15 is 0 Å². The zero-order valence-electron chi connectivity index (χ0n) is 9.03. The highest BCUT2D eigenvalue weighted by molar-refractivity contribution is 9.10. The van der Waals surface area contributed by atoms with Crippen LogP contribution < -0.4 is 0 Å². The number of rotatable bonds is 3. The maximum atomic E-state index is 11.7. The van der Waals surface area contributed by atoms with Crippen molar-refractivity contribution >= 4 is 21.9 Å². The first-order chi connectivity index (χ1) is 7.54. The highest BCUT2D eigenvalue weighted by Crippen LogP contribution is 2.26. The van der Waals surface area contributed by atoms with Crippen LogP contribution in [0.3, 0.4) is 0 Å². The SMILES string of the molecule is CCOC(=O)C(C)(C#N)c1ccnc(Br)c1. The van der Waals surface area contributed by atoms with Gasteiger partial charge in [-0.25, -0.2) is 9.78 Å².